The van der Waals surface area contributed by atoms with E-state index in [1.54, 1.807) is 30.3 Å². The van der Waals surface area contributed by atoms with Gasteiger partial charge in [0.25, 0.3) is 5.91 Å². The third-order valence-electron chi connectivity index (χ3n) is 4.41. The molecule has 0 aliphatic heterocycles. The third-order valence-corrected chi connectivity index (χ3v) is 6.13. The zero-order chi connectivity index (χ0) is 24.5. The molecule has 2 aromatic carbocycles. The number of aromatic nitrogens is 2. The fourth-order valence-electron chi connectivity index (χ4n) is 2.73. The minimum atomic E-state index is -0.569. The van der Waals surface area contributed by atoms with Gasteiger partial charge < -0.3 is 14.2 Å². The van der Waals surface area contributed by atoms with E-state index in [1.807, 2.05) is 25.3 Å². The molecule has 0 fully saturated rings. The van der Waals surface area contributed by atoms with Crippen LogP contribution in [-0.2, 0) is 4.79 Å². The van der Waals surface area contributed by atoms with Crippen LogP contribution in [0.2, 0.25) is 5.02 Å². The SMILES string of the molecule is COc1cc(C=C(C#N)C(=O)Nc2nc(SC)ns2)ccc1OCCOc1ccc(Cl)c(C)c1. The Morgan fingerprint density at radius 2 is 2.03 bits per heavy atom. The molecule has 1 N–H and O–H groups in total. The number of rotatable bonds is 10. The smallest absolute Gasteiger partial charge is 0.268 e. The first kappa shape index (κ1) is 25.4. The van der Waals surface area contributed by atoms with Gasteiger partial charge in [0.05, 0.1) is 7.11 Å². The lowest BCUT2D eigenvalue weighted by Crippen LogP contribution is -2.13. The zero-order valence-electron chi connectivity index (χ0n) is 18.6. The summed E-state index contributed by atoms with van der Waals surface area (Å²) in [6.07, 6.45) is 3.30. The normalized spacial score (nSPS) is 11.0. The summed E-state index contributed by atoms with van der Waals surface area (Å²) in [5.74, 6) is 1.11. The van der Waals surface area contributed by atoms with Crippen molar-refractivity contribution >= 4 is 52.0 Å². The maximum Gasteiger partial charge on any atom is 0.268 e. The topological polar surface area (TPSA) is 106 Å². The Bertz CT molecular complexity index is 1240. The first-order valence-corrected chi connectivity index (χ1v) is 12.3. The number of nitrogens with one attached hydrogen (secondary N) is 1. The zero-order valence-corrected chi connectivity index (χ0v) is 21.0. The molecule has 0 saturated heterocycles. The van der Waals surface area contributed by atoms with Crippen molar-refractivity contribution in [3.05, 3.63) is 58.1 Å². The number of aryl methyl sites for hydroxylation is 1. The van der Waals surface area contributed by atoms with Crippen LogP contribution in [0, 0.1) is 18.3 Å². The molecule has 34 heavy (non-hydrogen) atoms. The summed E-state index contributed by atoms with van der Waals surface area (Å²) in [4.78, 5) is 16.6. The molecule has 11 heteroatoms. The summed E-state index contributed by atoms with van der Waals surface area (Å²) in [5, 5.41) is 13.6. The molecule has 0 saturated carbocycles. The number of anilines is 1. The monoisotopic (exact) mass is 516 g/mol. The van der Waals surface area contributed by atoms with E-state index < -0.39 is 5.91 Å². The lowest BCUT2D eigenvalue weighted by Gasteiger charge is -2.12. The molecule has 0 unspecified atom stereocenters. The lowest BCUT2D eigenvalue weighted by molar-refractivity contribution is -0.112. The third kappa shape index (κ3) is 6.87. The van der Waals surface area contributed by atoms with Crippen molar-refractivity contribution in [2.45, 2.75) is 12.1 Å². The van der Waals surface area contributed by atoms with Crippen LogP contribution < -0.4 is 19.5 Å². The van der Waals surface area contributed by atoms with E-state index in [0.717, 1.165) is 17.1 Å². The number of hydrogen-bond acceptors (Lipinski definition) is 9. The summed E-state index contributed by atoms with van der Waals surface area (Å²) in [6, 6.07) is 12.5. The van der Waals surface area contributed by atoms with Gasteiger partial charge in [-0.15, -0.1) is 0 Å². The van der Waals surface area contributed by atoms with E-state index in [1.165, 1.54) is 24.9 Å². The molecule has 1 heterocycles. The first-order valence-electron chi connectivity index (χ1n) is 9.94. The van der Waals surface area contributed by atoms with E-state index in [-0.39, 0.29) is 5.57 Å². The van der Waals surface area contributed by atoms with Gasteiger partial charge in [0, 0.05) is 16.6 Å². The highest BCUT2D eigenvalue weighted by Gasteiger charge is 2.14. The number of ether oxygens (including phenoxy) is 3. The number of halogens is 1. The minimum absolute atomic E-state index is 0.0803. The molecule has 0 spiro atoms. The van der Waals surface area contributed by atoms with Crippen molar-refractivity contribution < 1.29 is 19.0 Å². The van der Waals surface area contributed by atoms with Gasteiger partial charge in [0.2, 0.25) is 10.3 Å². The van der Waals surface area contributed by atoms with Gasteiger partial charge in [-0.2, -0.15) is 14.6 Å². The largest absolute Gasteiger partial charge is 0.493 e. The van der Waals surface area contributed by atoms with E-state index in [2.05, 4.69) is 14.7 Å². The Balaban J connectivity index is 1.62. The Kier molecular flexibility index (Phi) is 9.16. The first-order chi connectivity index (χ1) is 16.4. The molecule has 1 aromatic heterocycles. The highest BCUT2D eigenvalue weighted by Crippen LogP contribution is 2.29. The highest BCUT2D eigenvalue weighted by atomic mass is 35.5. The number of benzene rings is 2. The quantitative estimate of drug-likeness (QED) is 0.169. The minimum Gasteiger partial charge on any atom is -0.493 e. The molecule has 0 bridgehead atoms. The molecule has 1 amide bonds. The fraction of sp³-hybridized carbons (Fsp3) is 0.217. The summed E-state index contributed by atoms with van der Waals surface area (Å²) < 4.78 is 20.9. The van der Waals surface area contributed by atoms with E-state index in [0.29, 0.717) is 51.3 Å². The van der Waals surface area contributed by atoms with E-state index >= 15 is 0 Å². The van der Waals surface area contributed by atoms with Crippen LogP contribution in [0.1, 0.15) is 11.1 Å². The summed E-state index contributed by atoms with van der Waals surface area (Å²) in [6.45, 7) is 2.53. The van der Waals surface area contributed by atoms with Gasteiger partial charge in [-0.3, -0.25) is 10.1 Å². The lowest BCUT2D eigenvalue weighted by atomic mass is 10.1. The molecule has 3 rings (SSSR count). The van der Waals surface area contributed by atoms with Crippen LogP contribution in [0.3, 0.4) is 0 Å². The van der Waals surface area contributed by atoms with Crippen molar-refractivity contribution in [1.82, 2.24) is 9.36 Å². The molecule has 0 aliphatic carbocycles. The number of carbonyl (C=O) groups excluding carboxylic acids is 1. The number of nitriles is 1. The molecule has 0 atom stereocenters. The average molecular weight is 517 g/mol. The second-order valence-electron chi connectivity index (χ2n) is 6.73. The van der Waals surface area contributed by atoms with Gasteiger partial charge in [0.15, 0.2) is 11.5 Å². The second-order valence-corrected chi connectivity index (χ2v) is 8.66. The van der Waals surface area contributed by atoms with E-state index in [4.69, 9.17) is 25.8 Å². The Morgan fingerprint density at radius 3 is 2.71 bits per heavy atom. The Labute approximate surface area is 210 Å². The number of carbonyl (C=O) groups is 1. The average Bonchev–Trinajstić information content (AvgIpc) is 3.30. The number of thioether (sulfide) groups is 1. The second kappa shape index (κ2) is 12.3. The molecule has 176 valence electrons. The van der Waals surface area contributed by atoms with Crippen molar-refractivity contribution in [3.63, 3.8) is 0 Å². The molecular weight excluding hydrogens is 496 g/mol. The van der Waals surface area contributed by atoms with Gasteiger partial charge in [-0.1, -0.05) is 29.4 Å². The Hall–Kier alpha value is -3.26. The summed E-state index contributed by atoms with van der Waals surface area (Å²) in [7, 11) is 1.51. The summed E-state index contributed by atoms with van der Waals surface area (Å²) >= 11 is 8.44. The van der Waals surface area contributed by atoms with Gasteiger partial charge in [0.1, 0.15) is 30.6 Å². The Morgan fingerprint density at radius 1 is 1.24 bits per heavy atom. The van der Waals surface area contributed by atoms with Crippen LogP contribution in [0.25, 0.3) is 6.08 Å². The maximum absolute atomic E-state index is 12.5. The summed E-state index contributed by atoms with van der Waals surface area (Å²) in [5.41, 5.74) is 1.46. The van der Waals surface area contributed by atoms with Gasteiger partial charge in [-0.25, -0.2) is 0 Å². The molecular formula is C23H21ClN4O4S2. The van der Waals surface area contributed by atoms with Crippen molar-refractivity contribution in [1.29, 1.82) is 5.26 Å². The number of methoxy groups -OCH3 is 1. The molecule has 0 radical (unpaired) electrons. The molecule has 3 aromatic rings. The maximum atomic E-state index is 12.5. The van der Waals surface area contributed by atoms with Gasteiger partial charge >= 0.3 is 0 Å². The number of hydrogen-bond donors (Lipinski definition) is 1. The van der Waals surface area contributed by atoms with Crippen LogP contribution in [-0.4, -0.2) is 41.8 Å². The van der Waals surface area contributed by atoms with Crippen molar-refractivity contribution in [3.8, 4) is 23.3 Å². The van der Waals surface area contributed by atoms with Crippen LogP contribution in [0.4, 0.5) is 5.13 Å². The van der Waals surface area contributed by atoms with Gasteiger partial charge in [-0.05, 0) is 60.7 Å². The fourth-order valence-corrected chi connectivity index (χ4v) is 3.97. The predicted octanol–water partition coefficient (Wildman–Crippen LogP) is 5.23. The van der Waals surface area contributed by atoms with Crippen LogP contribution in [0.5, 0.6) is 17.2 Å². The number of nitrogens with zero attached hydrogens (tertiary/aromatic N) is 3. The standard InChI is InChI=1S/C23H21ClN4O4S2/c1-14-10-17(5-6-18(14)24)31-8-9-32-19-7-4-15(12-20(19)30-2)11-16(13-25)21(29)26-22-27-23(33-3)28-34-22/h4-7,10-12H,8-9H2,1-3H3,(H,26,27,28,29). The van der Waals surface area contributed by atoms with Crippen molar-refractivity contribution in [2.75, 3.05) is 31.9 Å². The highest BCUT2D eigenvalue weighted by molar-refractivity contribution is 7.98. The van der Waals surface area contributed by atoms with Crippen LogP contribution >= 0.6 is 34.9 Å². The molecule has 0 aliphatic rings. The van der Waals surface area contributed by atoms with Crippen molar-refractivity contribution in [2.24, 2.45) is 0 Å². The van der Waals surface area contributed by atoms with Crippen LogP contribution in [0.15, 0.2) is 47.1 Å². The van der Waals surface area contributed by atoms with E-state index in [9.17, 15) is 10.1 Å². The number of amides is 1. The molecule has 8 nitrogen and oxygen atoms in total. The predicted molar refractivity (Wildman–Crippen MR) is 134 cm³/mol.